The molecular formula is C13H18N4. The van der Waals surface area contributed by atoms with Gasteiger partial charge in [-0.3, -0.25) is 0 Å². The maximum Gasteiger partial charge on any atom is 0.0997 e. The van der Waals surface area contributed by atoms with Gasteiger partial charge in [-0.2, -0.15) is 15.4 Å². The lowest BCUT2D eigenvalue weighted by atomic mass is 10.0. The fraction of sp³-hybridized carbons (Fsp3) is 0.385. The molecule has 17 heavy (non-hydrogen) atoms. The number of H-pyrrole nitrogens is 1. The zero-order chi connectivity index (χ0) is 12.1. The summed E-state index contributed by atoms with van der Waals surface area (Å²) < 4.78 is 0. The predicted molar refractivity (Wildman–Crippen MR) is 67.7 cm³/mol. The molecular weight excluding hydrogens is 212 g/mol. The van der Waals surface area contributed by atoms with E-state index in [4.69, 9.17) is 0 Å². The molecule has 1 aromatic carbocycles. The lowest BCUT2D eigenvalue weighted by molar-refractivity contribution is 0.574. The highest BCUT2D eigenvalue weighted by Crippen LogP contribution is 2.15. The molecule has 0 radical (unpaired) electrons. The van der Waals surface area contributed by atoms with Crippen LogP contribution in [-0.2, 0) is 12.8 Å². The summed E-state index contributed by atoms with van der Waals surface area (Å²) >= 11 is 0. The van der Waals surface area contributed by atoms with Crippen molar-refractivity contribution in [3.8, 4) is 0 Å². The number of hydrogen-bond acceptors (Lipinski definition) is 3. The smallest absolute Gasteiger partial charge is 0.0997 e. The average Bonchev–Trinajstić information content (AvgIpc) is 2.90. The number of nitrogens with one attached hydrogen (secondary N) is 2. The Balaban J connectivity index is 2.07. The summed E-state index contributed by atoms with van der Waals surface area (Å²) in [6.07, 6.45) is 3.77. The van der Waals surface area contributed by atoms with Crippen molar-refractivity contribution in [1.29, 1.82) is 0 Å². The molecule has 2 rings (SSSR count). The van der Waals surface area contributed by atoms with E-state index in [1.807, 2.05) is 7.05 Å². The third-order valence-electron chi connectivity index (χ3n) is 3.01. The van der Waals surface area contributed by atoms with Gasteiger partial charge in [0.25, 0.3) is 0 Å². The van der Waals surface area contributed by atoms with Gasteiger partial charge in [-0.1, -0.05) is 31.2 Å². The van der Waals surface area contributed by atoms with Gasteiger partial charge >= 0.3 is 0 Å². The minimum absolute atomic E-state index is 0.209. The lowest BCUT2D eigenvalue weighted by Gasteiger charge is -2.13. The van der Waals surface area contributed by atoms with E-state index < -0.39 is 0 Å². The van der Waals surface area contributed by atoms with Crippen LogP contribution in [0.2, 0.25) is 0 Å². The average molecular weight is 230 g/mol. The first kappa shape index (κ1) is 11.8. The van der Waals surface area contributed by atoms with Crippen LogP contribution in [0.15, 0.2) is 30.5 Å². The molecule has 4 heteroatoms. The van der Waals surface area contributed by atoms with Crippen LogP contribution in [0, 0.1) is 0 Å². The van der Waals surface area contributed by atoms with Crippen LogP contribution in [0.1, 0.15) is 29.8 Å². The number of hydrogen-bond donors (Lipinski definition) is 2. The Morgan fingerprint density at radius 3 is 2.47 bits per heavy atom. The molecule has 0 saturated carbocycles. The molecule has 90 valence electrons. The van der Waals surface area contributed by atoms with Gasteiger partial charge in [0.1, 0.15) is 0 Å². The Morgan fingerprint density at radius 1 is 1.24 bits per heavy atom. The molecule has 1 unspecified atom stereocenters. The highest BCUT2D eigenvalue weighted by atomic mass is 15.3. The number of aromatic nitrogens is 3. The number of aromatic amines is 1. The van der Waals surface area contributed by atoms with E-state index in [0.29, 0.717) is 0 Å². The summed E-state index contributed by atoms with van der Waals surface area (Å²) in [5, 5.41) is 13.9. The number of nitrogens with zero attached hydrogens (tertiary/aromatic N) is 2. The van der Waals surface area contributed by atoms with Crippen LogP contribution in [0.3, 0.4) is 0 Å². The lowest BCUT2D eigenvalue weighted by Crippen LogP contribution is -2.19. The molecule has 0 amide bonds. The second-order valence-electron chi connectivity index (χ2n) is 4.11. The molecule has 2 N–H and O–H groups in total. The first-order valence-electron chi connectivity index (χ1n) is 5.94. The maximum absolute atomic E-state index is 4.12. The van der Waals surface area contributed by atoms with Crippen molar-refractivity contribution >= 4 is 0 Å². The van der Waals surface area contributed by atoms with Crippen LogP contribution < -0.4 is 5.32 Å². The van der Waals surface area contributed by atoms with Crippen molar-refractivity contribution in [2.75, 3.05) is 7.05 Å². The standard InChI is InChI=1S/C13H18N4/c1-3-10-4-6-11(7-5-10)8-12(14-2)13-9-15-17-16-13/h4-7,9,12,14H,3,8H2,1-2H3,(H,15,16,17). The Labute approximate surface area is 101 Å². The Morgan fingerprint density at radius 2 is 1.94 bits per heavy atom. The zero-order valence-electron chi connectivity index (χ0n) is 10.3. The Hall–Kier alpha value is -1.68. The van der Waals surface area contributed by atoms with Crippen LogP contribution in [0.5, 0.6) is 0 Å². The molecule has 0 aliphatic rings. The fourth-order valence-electron chi connectivity index (χ4n) is 1.88. The molecule has 0 bridgehead atoms. The van der Waals surface area contributed by atoms with E-state index in [-0.39, 0.29) is 6.04 Å². The van der Waals surface area contributed by atoms with Gasteiger partial charge in [0.2, 0.25) is 0 Å². The first-order valence-corrected chi connectivity index (χ1v) is 5.94. The minimum Gasteiger partial charge on any atom is -0.311 e. The number of likely N-dealkylation sites (N-methyl/N-ethyl adjacent to an activating group) is 1. The third kappa shape index (κ3) is 2.91. The van der Waals surface area contributed by atoms with Gasteiger partial charge in [0.05, 0.1) is 17.9 Å². The number of aryl methyl sites for hydroxylation is 1. The van der Waals surface area contributed by atoms with E-state index in [1.165, 1.54) is 11.1 Å². The van der Waals surface area contributed by atoms with Gasteiger partial charge in [-0.25, -0.2) is 0 Å². The van der Waals surface area contributed by atoms with E-state index in [9.17, 15) is 0 Å². The van der Waals surface area contributed by atoms with E-state index in [1.54, 1.807) is 6.20 Å². The molecule has 2 aromatic rings. The summed E-state index contributed by atoms with van der Waals surface area (Å²) in [5.41, 5.74) is 3.63. The molecule has 1 atom stereocenters. The second kappa shape index (κ2) is 5.59. The van der Waals surface area contributed by atoms with Gasteiger partial charge in [0, 0.05) is 0 Å². The molecule has 0 aliphatic carbocycles. The van der Waals surface area contributed by atoms with Gasteiger partial charge in [-0.15, -0.1) is 0 Å². The second-order valence-corrected chi connectivity index (χ2v) is 4.11. The molecule has 0 fully saturated rings. The van der Waals surface area contributed by atoms with Crippen molar-refractivity contribution in [1.82, 2.24) is 20.7 Å². The van der Waals surface area contributed by atoms with Gasteiger partial charge in [0.15, 0.2) is 0 Å². The van der Waals surface area contributed by atoms with Crippen molar-refractivity contribution in [3.05, 3.63) is 47.3 Å². The van der Waals surface area contributed by atoms with E-state index >= 15 is 0 Å². The predicted octanol–water partition coefficient (Wildman–Crippen LogP) is 1.87. The van der Waals surface area contributed by atoms with Crippen LogP contribution in [0.4, 0.5) is 0 Å². The summed E-state index contributed by atoms with van der Waals surface area (Å²) in [6.45, 7) is 2.17. The summed E-state index contributed by atoms with van der Waals surface area (Å²) in [7, 11) is 1.94. The van der Waals surface area contributed by atoms with E-state index in [0.717, 1.165) is 18.5 Å². The molecule has 4 nitrogen and oxygen atoms in total. The SMILES string of the molecule is CCc1ccc(CC(NC)c2cn[nH]n2)cc1. The highest BCUT2D eigenvalue weighted by Gasteiger charge is 2.12. The van der Waals surface area contributed by atoms with E-state index in [2.05, 4.69) is 51.9 Å². The normalized spacial score (nSPS) is 12.6. The van der Waals surface area contributed by atoms with Crippen LogP contribution in [-0.4, -0.2) is 22.5 Å². The molecule has 0 aliphatic heterocycles. The maximum atomic E-state index is 4.12. The van der Waals surface area contributed by atoms with Crippen LogP contribution >= 0.6 is 0 Å². The van der Waals surface area contributed by atoms with Crippen LogP contribution in [0.25, 0.3) is 0 Å². The minimum atomic E-state index is 0.209. The number of benzene rings is 1. The monoisotopic (exact) mass is 230 g/mol. The largest absolute Gasteiger partial charge is 0.311 e. The highest BCUT2D eigenvalue weighted by molar-refractivity contribution is 5.24. The topological polar surface area (TPSA) is 53.6 Å². The van der Waals surface area contributed by atoms with Crippen molar-refractivity contribution in [3.63, 3.8) is 0 Å². The molecule has 0 saturated heterocycles. The van der Waals surface area contributed by atoms with Crippen molar-refractivity contribution in [2.45, 2.75) is 25.8 Å². The Kier molecular flexibility index (Phi) is 3.88. The molecule has 0 spiro atoms. The van der Waals surface area contributed by atoms with Gasteiger partial charge < -0.3 is 5.32 Å². The summed E-state index contributed by atoms with van der Waals surface area (Å²) in [5.74, 6) is 0. The van der Waals surface area contributed by atoms with Crippen molar-refractivity contribution in [2.24, 2.45) is 0 Å². The first-order chi connectivity index (χ1) is 8.33. The quantitative estimate of drug-likeness (QED) is 0.824. The van der Waals surface area contributed by atoms with Crippen molar-refractivity contribution < 1.29 is 0 Å². The Bertz CT molecular complexity index is 433. The van der Waals surface area contributed by atoms with Gasteiger partial charge in [-0.05, 0) is 31.0 Å². The third-order valence-corrected chi connectivity index (χ3v) is 3.01. The molecule has 1 heterocycles. The number of rotatable bonds is 5. The summed E-state index contributed by atoms with van der Waals surface area (Å²) in [6, 6.07) is 8.95. The summed E-state index contributed by atoms with van der Waals surface area (Å²) in [4.78, 5) is 0. The fourth-order valence-corrected chi connectivity index (χ4v) is 1.88. The molecule has 1 aromatic heterocycles. The zero-order valence-corrected chi connectivity index (χ0v) is 10.3.